The van der Waals surface area contributed by atoms with Crippen molar-refractivity contribution in [2.45, 2.75) is 13.5 Å². The van der Waals surface area contributed by atoms with Gasteiger partial charge in [0.2, 0.25) is 0 Å². The Hall–Kier alpha value is -2.02. The lowest BCUT2D eigenvalue weighted by molar-refractivity contribution is -0.384. The molecule has 2 N–H and O–H groups in total. The topological polar surface area (TPSA) is 76.4 Å². The number of anilines is 1. The fourth-order valence-corrected chi connectivity index (χ4v) is 2.69. The molecule has 6 nitrogen and oxygen atoms in total. The molecule has 0 bridgehead atoms. The number of nitrogens with zero attached hydrogens (tertiary/aromatic N) is 1. The van der Waals surface area contributed by atoms with Gasteiger partial charge in [0, 0.05) is 42.4 Å². The van der Waals surface area contributed by atoms with E-state index in [4.69, 9.17) is 27.9 Å². The normalized spacial score (nSPS) is 10.5. The summed E-state index contributed by atoms with van der Waals surface area (Å²) in [4.78, 5) is 10.2. The van der Waals surface area contributed by atoms with Crippen molar-refractivity contribution in [2.75, 3.05) is 25.0 Å². The fourth-order valence-electron chi connectivity index (χ4n) is 2.25. The molecule has 0 heterocycles. The maximum atomic E-state index is 10.7. The minimum absolute atomic E-state index is 0.0296. The van der Waals surface area contributed by atoms with Gasteiger partial charge in [-0.1, -0.05) is 23.2 Å². The molecule has 2 aromatic carbocycles. The van der Waals surface area contributed by atoms with Gasteiger partial charge in [-0.15, -0.1) is 0 Å². The summed E-state index contributed by atoms with van der Waals surface area (Å²) in [6, 6.07) is 9.89. The maximum Gasteiger partial charge on any atom is 0.271 e. The van der Waals surface area contributed by atoms with Crippen molar-refractivity contribution in [3.8, 4) is 5.75 Å². The number of nitro groups is 1. The number of nitrogens with one attached hydrogen (secondary N) is 2. The zero-order chi connectivity index (χ0) is 18.2. The molecule has 0 aliphatic heterocycles. The van der Waals surface area contributed by atoms with Crippen molar-refractivity contribution in [1.82, 2.24) is 5.32 Å². The molecule has 0 aliphatic carbocycles. The Balaban J connectivity index is 1.82. The molecular weight excluding hydrogens is 365 g/mol. The van der Waals surface area contributed by atoms with Crippen LogP contribution in [0.3, 0.4) is 0 Å². The maximum absolute atomic E-state index is 10.7. The van der Waals surface area contributed by atoms with Crippen molar-refractivity contribution >= 4 is 34.6 Å². The van der Waals surface area contributed by atoms with Gasteiger partial charge in [0.25, 0.3) is 5.69 Å². The molecule has 2 rings (SSSR count). The van der Waals surface area contributed by atoms with Gasteiger partial charge in [-0.2, -0.15) is 0 Å². The number of hydrogen-bond acceptors (Lipinski definition) is 5. The van der Waals surface area contributed by atoms with Crippen LogP contribution in [0.2, 0.25) is 10.0 Å². The quantitative estimate of drug-likeness (QED) is 0.378. The SMILES string of the molecule is CCOc1ccc(Cl)cc1CNCCNc1ccc([N+](=O)[O-])cc1Cl. The predicted octanol–water partition coefficient (Wildman–Crippen LogP) is 4.50. The average Bonchev–Trinajstić information content (AvgIpc) is 2.58. The lowest BCUT2D eigenvalue weighted by atomic mass is 10.2. The van der Waals surface area contributed by atoms with Crippen LogP contribution in [0.5, 0.6) is 5.75 Å². The van der Waals surface area contributed by atoms with Gasteiger partial charge in [0.15, 0.2) is 0 Å². The van der Waals surface area contributed by atoms with E-state index in [2.05, 4.69) is 10.6 Å². The van der Waals surface area contributed by atoms with Crippen molar-refractivity contribution in [2.24, 2.45) is 0 Å². The van der Waals surface area contributed by atoms with Crippen molar-refractivity contribution in [3.05, 3.63) is 62.1 Å². The predicted molar refractivity (Wildman–Crippen MR) is 101 cm³/mol. The molecule has 0 saturated carbocycles. The molecule has 8 heteroatoms. The van der Waals surface area contributed by atoms with Crippen molar-refractivity contribution in [3.63, 3.8) is 0 Å². The molecular formula is C17H19Cl2N3O3. The highest BCUT2D eigenvalue weighted by atomic mass is 35.5. The molecule has 0 aliphatic rings. The highest BCUT2D eigenvalue weighted by molar-refractivity contribution is 6.33. The summed E-state index contributed by atoms with van der Waals surface area (Å²) < 4.78 is 5.58. The van der Waals surface area contributed by atoms with Crippen LogP contribution < -0.4 is 15.4 Å². The van der Waals surface area contributed by atoms with Crippen LogP contribution in [-0.2, 0) is 6.54 Å². The third-order valence-corrected chi connectivity index (χ3v) is 3.97. The van der Waals surface area contributed by atoms with Gasteiger partial charge >= 0.3 is 0 Å². The Kier molecular flexibility index (Phi) is 7.31. The van der Waals surface area contributed by atoms with Gasteiger partial charge in [-0.25, -0.2) is 0 Å². The van der Waals surface area contributed by atoms with Crippen LogP contribution in [0.25, 0.3) is 0 Å². The lowest BCUT2D eigenvalue weighted by Gasteiger charge is -2.12. The molecule has 0 saturated heterocycles. The van der Waals surface area contributed by atoms with Crippen LogP contribution in [0.1, 0.15) is 12.5 Å². The number of benzene rings is 2. The summed E-state index contributed by atoms with van der Waals surface area (Å²) in [7, 11) is 0. The van der Waals surface area contributed by atoms with Gasteiger partial charge in [0.05, 0.1) is 22.2 Å². The summed E-state index contributed by atoms with van der Waals surface area (Å²) in [6.45, 7) is 4.43. The summed E-state index contributed by atoms with van der Waals surface area (Å²) in [5.74, 6) is 0.811. The standard InChI is InChI=1S/C17H19Cl2N3O3/c1-2-25-17-6-3-13(18)9-12(17)11-20-7-8-21-16-5-4-14(22(23)24)10-15(16)19/h3-6,9-10,20-21H,2,7-8,11H2,1H3. The molecule has 0 radical (unpaired) electrons. The van der Waals surface area contributed by atoms with E-state index in [1.54, 1.807) is 12.1 Å². The molecule has 0 atom stereocenters. The molecule has 134 valence electrons. The van der Waals surface area contributed by atoms with E-state index in [1.165, 1.54) is 12.1 Å². The highest BCUT2D eigenvalue weighted by Gasteiger charge is 2.09. The smallest absolute Gasteiger partial charge is 0.271 e. The largest absolute Gasteiger partial charge is 0.494 e. The third kappa shape index (κ3) is 5.77. The van der Waals surface area contributed by atoms with Gasteiger partial charge in [-0.05, 0) is 31.2 Å². The van der Waals surface area contributed by atoms with E-state index >= 15 is 0 Å². The molecule has 0 aromatic heterocycles. The zero-order valence-electron chi connectivity index (χ0n) is 13.7. The lowest BCUT2D eigenvalue weighted by Crippen LogP contribution is -2.22. The number of non-ortho nitro benzene ring substituents is 1. The monoisotopic (exact) mass is 383 g/mol. The van der Waals surface area contributed by atoms with Gasteiger partial charge in [0.1, 0.15) is 5.75 Å². The summed E-state index contributed by atoms with van der Waals surface area (Å²) >= 11 is 12.1. The van der Waals surface area contributed by atoms with E-state index in [9.17, 15) is 10.1 Å². The van der Waals surface area contributed by atoms with Crippen molar-refractivity contribution < 1.29 is 9.66 Å². The minimum Gasteiger partial charge on any atom is -0.494 e. The first-order valence-electron chi connectivity index (χ1n) is 7.81. The van der Waals surface area contributed by atoms with Crippen LogP contribution in [0.15, 0.2) is 36.4 Å². The first kappa shape index (κ1) is 19.3. The van der Waals surface area contributed by atoms with Crippen LogP contribution >= 0.6 is 23.2 Å². The fraction of sp³-hybridized carbons (Fsp3) is 0.294. The number of ether oxygens (including phenoxy) is 1. The van der Waals surface area contributed by atoms with E-state index in [0.717, 1.165) is 11.3 Å². The highest BCUT2D eigenvalue weighted by Crippen LogP contribution is 2.26. The van der Waals surface area contributed by atoms with Crippen LogP contribution in [0, 0.1) is 10.1 Å². The minimum atomic E-state index is -0.474. The third-order valence-electron chi connectivity index (χ3n) is 3.42. The zero-order valence-corrected chi connectivity index (χ0v) is 15.2. The van der Waals surface area contributed by atoms with E-state index < -0.39 is 4.92 Å². The number of nitro benzene ring substituents is 1. The second-order valence-corrected chi connectivity index (χ2v) is 6.05. The Labute approximate surface area is 156 Å². The second kappa shape index (κ2) is 9.46. The first-order chi connectivity index (χ1) is 12.0. The molecule has 25 heavy (non-hydrogen) atoms. The average molecular weight is 384 g/mol. The summed E-state index contributed by atoms with van der Waals surface area (Å²) in [6.07, 6.45) is 0. The summed E-state index contributed by atoms with van der Waals surface area (Å²) in [5, 5.41) is 18.1. The number of rotatable bonds is 9. The van der Waals surface area contributed by atoms with E-state index in [-0.39, 0.29) is 5.69 Å². The Morgan fingerprint density at radius 1 is 1.16 bits per heavy atom. The molecule has 2 aromatic rings. The second-order valence-electron chi connectivity index (χ2n) is 5.21. The number of halogens is 2. The molecule has 0 spiro atoms. The van der Waals surface area contributed by atoms with Crippen molar-refractivity contribution in [1.29, 1.82) is 0 Å². The molecule has 0 unspecified atom stereocenters. The molecule has 0 fully saturated rings. The number of hydrogen-bond donors (Lipinski definition) is 2. The Morgan fingerprint density at radius 3 is 2.64 bits per heavy atom. The first-order valence-corrected chi connectivity index (χ1v) is 8.56. The Morgan fingerprint density at radius 2 is 1.96 bits per heavy atom. The van der Waals surface area contributed by atoms with Gasteiger partial charge in [-0.3, -0.25) is 10.1 Å². The summed E-state index contributed by atoms with van der Waals surface area (Å²) in [5.41, 5.74) is 1.62. The van der Waals surface area contributed by atoms with Gasteiger partial charge < -0.3 is 15.4 Å². The van der Waals surface area contributed by atoms with Crippen LogP contribution in [-0.4, -0.2) is 24.6 Å². The Bertz CT molecular complexity index is 741. The van der Waals surface area contributed by atoms with E-state index in [0.29, 0.717) is 42.0 Å². The van der Waals surface area contributed by atoms with Crippen LogP contribution in [0.4, 0.5) is 11.4 Å². The van der Waals surface area contributed by atoms with E-state index in [1.807, 2.05) is 19.1 Å². The molecule has 0 amide bonds.